The highest BCUT2D eigenvalue weighted by molar-refractivity contribution is 6.35. The van der Waals surface area contributed by atoms with E-state index in [2.05, 4.69) is 11.0 Å². The van der Waals surface area contributed by atoms with E-state index >= 15 is 0 Å². The van der Waals surface area contributed by atoms with Crippen molar-refractivity contribution in [3.05, 3.63) is 63.6 Å². The summed E-state index contributed by atoms with van der Waals surface area (Å²) in [6.45, 7) is 2.69. The summed E-state index contributed by atoms with van der Waals surface area (Å²) < 4.78 is 5.94. The van der Waals surface area contributed by atoms with Crippen molar-refractivity contribution in [2.45, 2.75) is 13.2 Å². The van der Waals surface area contributed by atoms with Gasteiger partial charge in [0.05, 0.1) is 0 Å². The zero-order chi connectivity index (χ0) is 15.9. The average molecular weight is 339 g/mol. The lowest BCUT2D eigenvalue weighted by Gasteiger charge is -2.18. The molecule has 118 valence electrons. The highest BCUT2D eigenvalue weighted by Crippen LogP contribution is 2.24. The van der Waals surface area contributed by atoms with Crippen LogP contribution in [0.2, 0.25) is 10.0 Å². The van der Waals surface area contributed by atoms with E-state index in [4.69, 9.17) is 33.7 Å². The van der Waals surface area contributed by atoms with E-state index in [-0.39, 0.29) is 0 Å². The normalized spacial score (nSPS) is 11.0. The smallest absolute Gasteiger partial charge is 0.124 e. The predicted molar refractivity (Wildman–Crippen MR) is 92.6 cm³/mol. The van der Waals surface area contributed by atoms with E-state index in [9.17, 15) is 0 Å². The number of ether oxygens (including phenoxy) is 1. The van der Waals surface area contributed by atoms with Gasteiger partial charge < -0.3 is 15.4 Å². The largest absolute Gasteiger partial charge is 0.489 e. The summed E-state index contributed by atoms with van der Waals surface area (Å²) >= 11 is 12.1. The van der Waals surface area contributed by atoms with Crippen molar-refractivity contribution in [1.82, 2.24) is 4.90 Å². The minimum atomic E-state index is 0.410. The standard InChI is InChI=1S/C17H20Cl2N2O/c1-21(9-8-20)11-13-4-2-3-5-17(13)22-12-14-6-7-15(18)10-16(14)19/h2-7,10H,8-9,11-12,20H2,1H3. The van der Waals surface area contributed by atoms with Crippen LogP contribution >= 0.6 is 23.2 Å². The van der Waals surface area contributed by atoms with Gasteiger partial charge in [-0.05, 0) is 25.2 Å². The molecule has 2 rings (SSSR count). The van der Waals surface area contributed by atoms with Gasteiger partial charge in [-0.2, -0.15) is 0 Å². The molecule has 0 atom stereocenters. The van der Waals surface area contributed by atoms with Gasteiger partial charge in [0.25, 0.3) is 0 Å². The maximum absolute atomic E-state index is 6.17. The molecule has 0 unspecified atom stereocenters. The molecule has 3 nitrogen and oxygen atoms in total. The Morgan fingerprint density at radius 2 is 1.86 bits per heavy atom. The highest BCUT2D eigenvalue weighted by atomic mass is 35.5. The lowest BCUT2D eigenvalue weighted by Crippen LogP contribution is -2.25. The van der Waals surface area contributed by atoms with Crippen molar-refractivity contribution in [3.63, 3.8) is 0 Å². The first-order chi connectivity index (χ1) is 10.6. The summed E-state index contributed by atoms with van der Waals surface area (Å²) in [5.41, 5.74) is 7.63. The molecule has 0 aliphatic heterocycles. The van der Waals surface area contributed by atoms with E-state index < -0.39 is 0 Å². The lowest BCUT2D eigenvalue weighted by molar-refractivity contribution is 0.287. The SMILES string of the molecule is CN(CCN)Cc1ccccc1OCc1ccc(Cl)cc1Cl. The molecule has 0 aliphatic carbocycles. The van der Waals surface area contributed by atoms with Gasteiger partial charge in [-0.25, -0.2) is 0 Å². The molecule has 0 radical (unpaired) electrons. The molecule has 2 aromatic rings. The lowest BCUT2D eigenvalue weighted by atomic mass is 10.2. The van der Waals surface area contributed by atoms with Crippen LogP contribution < -0.4 is 10.5 Å². The van der Waals surface area contributed by atoms with Crippen molar-refractivity contribution in [2.75, 3.05) is 20.1 Å². The minimum Gasteiger partial charge on any atom is -0.489 e. The quantitative estimate of drug-likeness (QED) is 0.830. The Morgan fingerprint density at radius 1 is 1.09 bits per heavy atom. The maximum atomic E-state index is 6.17. The Hall–Kier alpha value is -1.26. The van der Waals surface area contributed by atoms with Gasteiger partial charge in [-0.1, -0.05) is 47.5 Å². The third kappa shape index (κ3) is 4.89. The molecule has 0 heterocycles. The Kier molecular flexibility index (Phi) is 6.52. The predicted octanol–water partition coefficient (Wildman–Crippen LogP) is 3.96. The average Bonchev–Trinajstić information content (AvgIpc) is 2.48. The van der Waals surface area contributed by atoms with Gasteiger partial charge in [0.15, 0.2) is 0 Å². The van der Waals surface area contributed by atoms with Gasteiger partial charge >= 0.3 is 0 Å². The third-order valence-corrected chi connectivity index (χ3v) is 3.91. The van der Waals surface area contributed by atoms with E-state index in [1.54, 1.807) is 6.07 Å². The molecule has 0 fully saturated rings. The van der Waals surface area contributed by atoms with Gasteiger partial charge in [0, 0.05) is 40.8 Å². The van der Waals surface area contributed by atoms with Crippen LogP contribution in [-0.4, -0.2) is 25.0 Å². The van der Waals surface area contributed by atoms with Crippen molar-refractivity contribution in [1.29, 1.82) is 0 Å². The first-order valence-corrected chi connectivity index (χ1v) is 7.89. The first-order valence-electron chi connectivity index (χ1n) is 7.13. The molecule has 0 bridgehead atoms. The van der Waals surface area contributed by atoms with Crippen molar-refractivity contribution in [3.8, 4) is 5.75 Å². The second-order valence-corrected chi connectivity index (χ2v) is 6.00. The third-order valence-electron chi connectivity index (χ3n) is 3.32. The summed E-state index contributed by atoms with van der Waals surface area (Å²) in [6, 6.07) is 13.4. The Bertz CT molecular complexity index is 619. The topological polar surface area (TPSA) is 38.5 Å². The molecule has 22 heavy (non-hydrogen) atoms. The number of likely N-dealkylation sites (N-methyl/N-ethyl adjacent to an activating group) is 1. The maximum Gasteiger partial charge on any atom is 0.124 e. The second kappa shape index (κ2) is 8.39. The van der Waals surface area contributed by atoms with Crippen LogP contribution in [0.5, 0.6) is 5.75 Å². The molecule has 0 aromatic heterocycles. The van der Waals surface area contributed by atoms with Gasteiger partial charge in [-0.15, -0.1) is 0 Å². The van der Waals surface area contributed by atoms with E-state index in [0.717, 1.165) is 30.0 Å². The number of para-hydroxylation sites is 1. The number of nitrogens with zero attached hydrogens (tertiary/aromatic N) is 1. The molecule has 0 saturated carbocycles. The van der Waals surface area contributed by atoms with Crippen LogP contribution in [0.1, 0.15) is 11.1 Å². The summed E-state index contributed by atoms with van der Waals surface area (Å²) in [6.07, 6.45) is 0. The zero-order valence-corrected chi connectivity index (χ0v) is 14.1. The van der Waals surface area contributed by atoms with Crippen LogP contribution in [0.3, 0.4) is 0 Å². The fourth-order valence-corrected chi connectivity index (χ4v) is 2.62. The second-order valence-electron chi connectivity index (χ2n) is 5.16. The van der Waals surface area contributed by atoms with Crippen LogP contribution in [-0.2, 0) is 13.2 Å². The molecule has 2 N–H and O–H groups in total. The highest BCUT2D eigenvalue weighted by Gasteiger charge is 2.08. The van der Waals surface area contributed by atoms with Crippen LogP contribution in [0.4, 0.5) is 0 Å². The van der Waals surface area contributed by atoms with Gasteiger partial charge in [-0.3, -0.25) is 0 Å². The van der Waals surface area contributed by atoms with E-state index in [1.165, 1.54) is 0 Å². The molecule has 0 spiro atoms. The van der Waals surface area contributed by atoms with Crippen LogP contribution in [0, 0.1) is 0 Å². The fraction of sp³-hybridized carbons (Fsp3) is 0.294. The van der Waals surface area contributed by atoms with Gasteiger partial charge in [0.1, 0.15) is 12.4 Å². The summed E-state index contributed by atoms with van der Waals surface area (Å²) in [5.74, 6) is 0.859. The molecule has 5 heteroatoms. The Labute approximate surface area is 141 Å². The Morgan fingerprint density at radius 3 is 2.59 bits per heavy atom. The van der Waals surface area contributed by atoms with Crippen LogP contribution in [0.15, 0.2) is 42.5 Å². The monoisotopic (exact) mass is 338 g/mol. The summed E-state index contributed by atoms with van der Waals surface area (Å²) in [5, 5.41) is 1.24. The number of rotatable bonds is 7. The molecule has 0 saturated heterocycles. The molecular formula is C17H20Cl2N2O. The molecule has 2 aromatic carbocycles. The van der Waals surface area contributed by atoms with Gasteiger partial charge in [0.2, 0.25) is 0 Å². The van der Waals surface area contributed by atoms with Crippen molar-refractivity contribution >= 4 is 23.2 Å². The number of benzene rings is 2. The number of nitrogens with two attached hydrogens (primary N) is 1. The van der Waals surface area contributed by atoms with E-state index in [0.29, 0.717) is 23.2 Å². The minimum absolute atomic E-state index is 0.410. The molecule has 0 amide bonds. The van der Waals surface area contributed by atoms with Crippen molar-refractivity contribution < 1.29 is 4.74 Å². The number of halogens is 2. The first kappa shape index (κ1) is 17.1. The molecule has 0 aliphatic rings. The number of hydrogen-bond acceptors (Lipinski definition) is 3. The fourth-order valence-electron chi connectivity index (χ4n) is 2.16. The number of hydrogen-bond donors (Lipinski definition) is 1. The summed E-state index contributed by atoms with van der Waals surface area (Å²) in [4.78, 5) is 2.16. The van der Waals surface area contributed by atoms with E-state index in [1.807, 2.05) is 37.4 Å². The summed E-state index contributed by atoms with van der Waals surface area (Å²) in [7, 11) is 2.04. The Balaban J connectivity index is 2.06. The zero-order valence-electron chi connectivity index (χ0n) is 12.6. The molecular weight excluding hydrogens is 319 g/mol. The van der Waals surface area contributed by atoms with Crippen molar-refractivity contribution in [2.24, 2.45) is 5.73 Å². The van der Waals surface area contributed by atoms with Crippen LogP contribution in [0.25, 0.3) is 0 Å².